The van der Waals surface area contributed by atoms with Gasteiger partial charge in [0.15, 0.2) is 0 Å². The molecule has 0 atom stereocenters. The van der Waals surface area contributed by atoms with Crippen LogP contribution in [-0.2, 0) is 12.8 Å². The summed E-state index contributed by atoms with van der Waals surface area (Å²) in [7, 11) is 0. The van der Waals surface area contributed by atoms with Crippen LogP contribution in [0.5, 0.6) is 0 Å². The predicted octanol–water partition coefficient (Wildman–Crippen LogP) is 2.92. The Bertz CT molecular complexity index is 352. The number of nitrogens with two attached hydrogens (primary N) is 1. The van der Waals surface area contributed by atoms with Gasteiger partial charge in [0.2, 0.25) is 5.92 Å². The summed E-state index contributed by atoms with van der Waals surface area (Å²) in [5.74, 6) is -2.65. The van der Waals surface area contributed by atoms with E-state index >= 15 is 0 Å². The van der Waals surface area contributed by atoms with E-state index in [0.717, 1.165) is 37.3 Å². The van der Waals surface area contributed by atoms with Gasteiger partial charge in [-0.2, -0.15) is 0 Å². The van der Waals surface area contributed by atoms with Gasteiger partial charge in [-0.15, -0.1) is 0 Å². The molecule has 0 heterocycles. The molecule has 0 radical (unpaired) electrons. The number of hydrogen-bond donors (Lipinski definition) is 1. The van der Waals surface area contributed by atoms with Crippen molar-refractivity contribution in [2.24, 2.45) is 5.73 Å². The molecule has 0 amide bonds. The molecule has 0 spiro atoms. The molecule has 2 N–H and O–H groups in total. The minimum Gasteiger partial charge on any atom is -0.325 e. The molecule has 1 nitrogen and oxygen atoms in total. The van der Waals surface area contributed by atoms with Crippen molar-refractivity contribution in [1.29, 1.82) is 0 Å². The summed E-state index contributed by atoms with van der Waals surface area (Å²) in [6.45, 7) is 0.957. The van der Waals surface area contributed by atoms with E-state index < -0.39 is 5.92 Å². The summed E-state index contributed by atoms with van der Waals surface area (Å²) in [5.41, 5.74) is 7.60. The third-order valence-electron chi connectivity index (χ3n) is 3.05. The van der Waals surface area contributed by atoms with Crippen LogP contribution in [0.1, 0.15) is 30.9 Å². The van der Waals surface area contributed by atoms with Crippen LogP contribution in [0.2, 0.25) is 0 Å². The van der Waals surface area contributed by atoms with Crippen LogP contribution in [0.3, 0.4) is 0 Å². The molecule has 1 aliphatic rings. The highest BCUT2D eigenvalue weighted by molar-refractivity contribution is 5.31. The molecule has 3 heteroatoms. The van der Waals surface area contributed by atoms with Crippen molar-refractivity contribution in [3.05, 3.63) is 35.4 Å². The summed E-state index contributed by atoms with van der Waals surface area (Å²) in [6.07, 6.45) is 2.53. The number of halogens is 2. The van der Waals surface area contributed by atoms with Crippen molar-refractivity contribution >= 4 is 0 Å². The highest BCUT2D eigenvalue weighted by Gasteiger charge is 2.38. The van der Waals surface area contributed by atoms with Gasteiger partial charge in [-0.05, 0) is 37.3 Å². The van der Waals surface area contributed by atoms with Gasteiger partial charge >= 0.3 is 0 Å². The fraction of sp³-hybridized carbons (Fsp3) is 0.538. The molecule has 88 valence electrons. The summed E-state index contributed by atoms with van der Waals surface area (Å²) < 4.78 is 26.0. The van der Waals surface area contributed by atoms with Crippen molar-refractivity contribution in [1.82, 2.24) is 0 Å². The zero-order valence-corrected chi connectivity index (χ0v) is 9.47. The lowest BCUT2D eigenvalue weighted by Crippen LogP contribution is -2.26. The van der Waals surface area contributed by atoms with Crippen molar-refractivity contribution < 1.29 is 8.78 Å². The Balaban J connectivity index is 2.17. The van der Waals surface area contributed by atoms with Crippen LogP contribution in [0.25, 0.3) is 0 Å². The number of alkyl halides is 2. The fourth-order valence-corrected chi connectivity index (χ4v) is 1.95. The van der Waals surface area contributed by atoms with E-state index in [0.29, 0.717) is 0 Å². The molecule has 1 aliphatic carbocycles. The molecule has 0 saturated heterocycles. The average molecular weight is 225 g/mol. The van der Waals surface area contributed by atoms with Gasteiger partial charge in [0, 0.05) is 12.0 Å². The lowest BCUT2D eigenvalue weighted by molar-refractivity contribution is 0.0224. The standard InChI is InChI=1S/C13H17F2N/c1-12(14,15)8-10-4-2-3-5-11(10)9-13(16)6-7-13/h2-5H,6-9,16H2,1H3. The average Bonchev–Trinajstić information content (AvgIpc) is 2.85. The summed E-state index contributed by atoms with van der Waals surface area (Å²) in [6, 6.07) is 7.38. The first-order valence-electron chi connectivity index (χ1n) is 5.62. The van der Waals surface area contributed by atoms with E-state index in [1.807, 2.05) is 12.1 Å². The molecule has 1 fully saturated rings. The van der Waals surface area contributed by atoms with Crippen LogP contribution in [0, 0.1) is 0 Å². The minimum absolute atomic E-state index is 0.126. The molecular weight excluding hydrogens is 208 g/mol. The zero-order chi connectivity index (χ0) is 11.8. The maximum atomic E-state index is 13.0. The SMILES string of the molecule is CC(F)(F)Cc1ccccc1CC1(N)CC1. The van der Waals surface area contributed by atoms with Crippen molar-refractivity contribution in [2.75, 3.05) is 0 Å². The molecular formula is C13H17F2N. The van der Waals surface area contributed by atoms with Crippen LogP contribution >= 0.6 is 0 Å². The summed E-state index contributed by atoms with van der Waals surface area (Å²) in [4.78, 5) is 0. The Labute approximate surface area is 94.7 Å². The van der Waals surface area contributed by atoms with Crippen LogP contribution in [0.4, 0.5) is 8.78 Å². The lowest BCUT2D eigenvalue weighted by atomic mass is 9.96. The summed E-state index contributed by atoms with van der Waals surface area (Å²) >= 11 is 0. The minimum atomic E-state index is -2.65. The topological polar surface area (TPSA) is 26.0 Å². The highest BCUT2D eigenvalue weighted by atomic mass is 19.3. The summed E-state index contributed by atoms with van der Waals surface area (Å²) in [5, 5.41) is 0. The second kappa shape index (κ2) is 3.81. The second-order valence-corrected chi connectivity index (χ2v) is 5.05. The Morgan fingerprint density at radius 3 is 2.31 bits per heavy atom. The molecule has 0 aliphatic heterocycles. The van der Waals surface area contributed by atoms with Crippen LogP contribution < -0.4 is 5.73 Å². The van der Waals surface area contributed by atoms with Crippen molar-refractivity contribution in [2.45, 2.75) is 44.1 Å². The molecule has 1 aromatic rings. The second-order valence-electron chi connectivity index (χ2n) is 5.05. The Hall–Kier alpha value is -0.960. The first-order valence-corrected chi connectivity index (χ1v) is 5.62. The van der Waals surface area contributed by atoms with E-state index in [1.165, 1.54) is 0 Å². The Morgan fingerprint density at radius 1 is 1.25 bits per heavy atom. The smallest absolute Gasteiger partial charge is 0.249 e. The first-order chi connectivity index (χ1) is 7.38. The van der Waals surface area contributed by atoms with Gasteiger partial charge < -0.3 is 5.73 Å². The van der Waals surface area contributed by atoms with Crippen LogP contribution in [-0.4, -0.2) is 11.5 Å². The number of benzene rings is 1. The zero-order valence-electron chi connectivity index (χ0n) is 9.47. The molecule has 1 saturated carbocycles. The third-order valence-corrected chi connectivity index (χ3v) is 3.05. The molecule has 0 unspecified atom stereocenters. The number of rotatable bonds is 4. The van der Waals surface area contributed by atoms with E-state index in [4.69, 9.17) is 5.73 Å². The quantitative estimate of drug-likeness (QED) is 0.837. The van der Waals surface area contributed by atoms with Gasteiger partial charge in [0.25, 0.3) is 0 Å². The van der Waals surface area contributed by atoms with Crippen molar-refractivity contribution in [3.63, 3.8) is 0 Å². The normalized spacial score (nSPS) is 18.5. The molecule has 0 aromatic heterocycles. The Kier molecular flexibility index (Phi) is 2.74. The molecule has 16 heavy (non-hydrogen) atoms. The maximum Gasteiger partial charge on any atom is 0.249 e. The number of hydrogen-bond acceptors (Lipinski definition) is 1. The Morgan fingerprint density at radius 2 is 1.81 bits per heavy atom. The fourth-order valence-electron chi connectivity index (χ4n) is 1.95. The third kappa shape index (κ3) is 3.01. The predicted molar refractivity (Wildman–Crippen MR) is 60.6 cm³/mol. The lowest BCUT2D eigenvalue weighted by Gasteiger charge is -2.16. The maximum absolute atomic E-state index is 13.0. The highest BCUT2D eigenvalue weighted by Crippen LogP contribution is 2.36. The van der Waals surface area contributed by atoms with Crippen LogP contribution in [0.15, 0.2) is 24.3 Å². The van der Waals surface area contributed by atoms with Gasteiger partial charge in [0.1, 0.15) is 0 Å². The van der Waals surface area contributed by atoms with Crippen molar-refractivity contribution in [3.8, 4) is 0 Å². The van der Waals surface area contributed by atoms with E-state index in [-0.39, 0.29) is 12.0 Å². The monoisotopic (exact) mass is 225 g/mol. The van der Waals surface area contributed by atoms with Gasteiger partial charge in [0.05, 0.1) is 0 Å². The molecule has 2 rings (SSSR count). The van der Waals surface area contributed by atoms with Gasteiger partial charge in [-0.3, -0.25) is 0 Å². The molecule has 1 aromatic carbocycles. The van der Waals surface area contributed by atoms with E-state index in [2.05, 4.69) is 0 Å². The van der Waals surface area contributed by atoms with E-state index in [9.17, 15) is 8.78 Å². The van der Waals surface area contributed by atoms with Gasteiger partial charge in [-0.1, -0.05) is 24.3 Å². The van der Waals surface area contributed by atoms with E-state index in [1.54, 1.807) is 12.1 Å². The molecule has 0 bridgehead atoms. The van der Waals surface area contributed by atoms with Gasteiger partial charge in [-0.25, -0.2) is 8.78 Å². The largest absolute Gasteiger partial charge is 0.325 e. The first kappa shape index (κ1) is 11.5.